The summed E-state index contributed by atoms with van der Waals surface area (Å²) in [7, 11) is 1.67. The average Bonchev–Trinajstić information content (AvgIpc) is 2.79. The van der Waals surface area contributed by atoms with Gasteiger partial charge in [-0.05, 0) is 48.6 Å². The van der Waals surface area contributed by atoms with E-state index in [4.69, 9.17) is 14.5 Å². The van der Waals surface area contributed by atoms with E-state index < -0.39 is 0 Å². The van der Waals surface area contributed by atoms with Gasteiger partial charge >= 0.3 is 0 Å². The molecule has 1 N–H and O–H groups in total. The second kappa shape index (κ2) is 8.38. The van der Waals surface area contributed by atoms with Crippen molar-refractivity contribution in [2.75, 3.05) is 44.8 Å². The number of anilines is 1. The van der Waals surface area contributed by atoms with Gasteiger partial charge in [-0.25, -0.2) is 4.98 Å². The minimum Gasteiger partial charge on any atom is -0.497 e. The van der Waals surface area contributed by atoms with E-state index in [0.717, 1.165) is 73.3 Å². The molecule has 1 saturated heterocycles. The van der Waals surface area contributed by atoms with Gasteiger partial charge < -0.3 is 14.4 Å². The Morgan fingerprint density at radius 3 is 3.06 bits per heavy atom. The van der Waals surface area contributed by atoms with Gasteiger partial charge in [0.25, 0.3) is 5.56 Å². The number of piperidine rings is 1. The summed E-state index contributed by atoms with van der Waals surface area (Å²) < 4.78 is 11.3. The van der Waals surface area contributed by atoms with Crippen LogP contribution in [-0.4, -0.2) is 54.8 Å². The zero-order valence-corrected chi connectivity index (χ0v) is 18.3. The second-order valence-electron chi connectivity index (χ2n) is 8.96. The van der Waals surface area contributed by atoms with Gasteiger partial charge in [0.1, 0.15) is 18.1 Å². The molecule has 4 heterocycles. The Hall–Kier alpha value is -2.80. The fraction of sp³-hybridized carbons (Fsp3) is 0.500. The molecule has 0 spiro atoms. The topological polar surface area (TPSA) is 70.7 Å². The van der Waals surface area contributed by atoms with E-state index in [-0.39, 0.29) is 5.56 Å². The van der Waals surface area contributed by atoms with E-state index in [0.29, 0.717) is 19.1 Å². The first kappa shape index (κ1) is 20.1. The smallest absolute Gasteiger partial charge is 0.257 e. The first-order valence-corrected chi connectivity index (χ1v) is 11.2. The van der Waals surface area contributed by atoms with Crippen molar-refractivity contribution in [1.29, 1.82) is 0 Å². The fourth-order valence-electron chi connectivity index (χ4n) is 4.84. The fourth-order valence-corrected chi connectivity index (χ4v) is 4.84. The third-order valence-corrected chi connectivity index (χ3v) is 6.51. The minimum atomic E-state index is 0.00637. The van der Waals surface area contributed by atoms with Crippen LogP contribution in [0.4, 0.5) is 5.95 Å². The number of nitrogens with one attached hydrogen (secondary N) is 1. The number of methoxy groups -OCH3 is 1. The SMILES string of the molecule is COc1ccc2c(c1)C=C(CN1CCc3nc(N4CCC[C@@H](C)C4)[nH]c(=O)c3C1)CO2. The molecule has 1 aromatic carbocycles. The van der Waals surface area contributed by atoms with Gasteiger partial charge in [-0.1, -0.05) is 6.92 Å². The first-order chi connectivity index (χ1) is 15.1. The van der Waals surface area contributed by atoms with Crippen LogP contribution in [-0.2, 0) is 13.0 Å². The van der Waals surface area contributed by atoms with Crippen molar-refractivity contribution in [2.45, 2.75) is 32.7 Å². The maximum atomic E-state index is 12.9. The molecule has 0 radical (unpaired) electrons. The molecule has 7 heteroatoms. The molecular formula is C24H30N4O3. The van der Waals surface area contributed by atoms with Crippen LogP contribution in [0.2, 0.25) is 0 Å². The molecule has 0 bridgehead atoms. The molecule has 164 valence electrons. The molecule has 5 rings (SSSR count). The molecule has 0 saturated carbocycles. The highest BCUT2D eigenvalue weighted by Gasteiger charge is 2.25. The Bertz CT molecular complexity index is 1060. The second-order valence-corrected chi connectivity index (χ2v) is 8.96. The number of hydrogen-bond acceptors (Lipinski definition) is 6. The molecule has 0 unspecified atom stereocenters. The maximum absolute atomic E-state index is 12.9. The third-order valence-electron chi connectivity index (χ3n) is 6.51. The summed E-state index contributed by atoms with van der Waals surface area (Å²) in [6.07, 6.45) is 5.38. The van der Waals surface area contributed by atoms with E-state index in [1.54, 1.807) is 7.11 Å². The van der Waals surface area contributed by atoms with Gasteiger partial charge in [-0.15, -0.1) is 0 Å². The number of benzene rings is 1. The highest BCUT2D eigenvalue weighted by atomic mass is 16.5. The summed E-state index contributed by atoms with van der Waals surface area (Å²) in [6, 6.07) is 5.86. The molecule has 31 heavy (non-hydrogen) atoms. The number of fused-ring (bicyclic) bond motifs is 2. The van der Waals surface area contributed by atoms with Crippen LogP contribution in [0.15, 0.2) is 28.6 Å². The average molecular weight is 423 g/mol. The Morgan fingerprint density at radius 2 is 2.23 bits per heavy atom. The Balaban J connectivity index is 1.31. The molecule has 1 aromatic heterocycles. The van der Waals surface area contributed by atoms with Crippen molar-refractivity contribution >= 4 is 12.0 Å². The van der Waals surface area contributed by atoms with Gasteiger partial charge in [-0.2, -0.15) is 0 Å². The number of hydrogen-bond donors (Lipinski definition) is 1. The van der Waals surface area contributed by atoms with E-state index in [9.17, 15) is 4.79 Å². The number of ether oxygens (including phenoxy) is 2. The summed E-state index contributed by atoms with van der Waals surface area (Å²) >= 11 is 0. The van der Waals surface area contributed by atoms with Crippen molar-refractivity contribution in [2.24, 2.45) is 5.92 Å². The van der Waals surface area contributed by atoms with Crippen LogP contribution in [0.3, 0.4) is 0 Å². The van der Waals surface area contributed by atoms with Crippen molar-refractivity contribution < 1.29 is 9.47 Å². The summed E-state index contributed by atoms with van der Waals surface area (Å²) in [4.78, 5) is 25.3. The molecule has 3 aliphatic heterocycles. The summed E-state index contributed by atoms with van der Waals surface area (Å²) in [5, 5.41) is 0. The molecule has 3 aliphatic rings. The van der Waals surface area contributed by atoms with E-state index in [1.165, 1.54) is 12.0 Å². The quantitative estimate of drug-likeness (QED) is 0.817. The maximum Gasteiger partial charge on any atom is 0.257 e. The zero-order chi connectivity index (χ0) is 21.4. The number of aromatic amines is 1. The summed E-state index contributed by atoms with van der Waals surface area (Å²) in [5.41, 5.74) is 4.01. The number of rotatable bonds is 4. The molecule has 0 amide bonds. The van der Waals surface area contributed by atoms with Crippen LogP contribution < -0.4 is 19.9 Å². The Labute approximate surface area is 182 Å². The molecule has 0 aliphatic carbocycles. The monoisotopic (exact) mass is 422 g/mol. The van der Waals surface area contributed by atoms with Crippen molar-refractivity contribution in [3.63, 3.8) is 0 Å². The van der Waals surface area contributed by atoms with E-state index in [1.807, 2.05) is 18.2 Å². The van der Waals surface area contributed by atoms with Crippen molar-refractivity contribution in [1.82, 2.24) is 14.9 Å². The predicted octanol–water partition coefficient (Wildman–Crippen LogP) is 2.85. The van der Waals surface area contributed by atoms with Gasteiger partial charge in [0.05, 0.1) is 18.4 Å². The molecule has 1 atom stereocenters. The summed E-state index contributed by atoms with van der Waals surface area (Å²) in [5.74, 6) is 3.09. The normalized spacial score (nSPS) is 21.0. The van der Waals surface area contributed by atoms with Gasteiger partial charge in [0.2, 0.25) is 5.95 Å². The van der Waals surface area contributed by atoms with E-state index in [2.05, 4.69) is 27.8 Å². The van der Waals surface area contributed by atoms with Crippen molar-refractivity contribution in [3.8, 4) is 11.5 Å². The highest BCUT2D eigenvalue weighted by molar-refractivity contribution is 5.64. The van der Waals surface area contributed by atoms with Gasteiger partial charge in [-0.3, -0.25) is 14.7 Å². The molecule has 1 fully saturated rings. The highest BCUT2D eigenvalue weighted by Crippen LogP contribution is 2.30. The number of H-pyrrole nitrogens is 1. The number of nitrogens with zero attached hydrogens (tertiary/aromatic N) is 3. The van der Waals surface area contributed by atoms with Crippen LogP contribution in [0.25, 0.3) is 6.08 Å². The Kier molecular flexibility index (Phi) is 5.44. The lowest BCUT2D eigenvalue weighted by Gasteiger charge is -2.33. The largest absolute Gasteiger partial charge is 0.497 e. The molecular weight excluding hydrogens is 392 g/mol. The minimum absolute atomic E-state index is 0.00637. The number of aromatic nitrogens is 2. The van der Waals surface area contributed by atoms with Crippen LogP contribution >= 0.6 is 0 Å². The molecule has 2 aromatic rings. The lowest BCUT2D eigenvalue weighted by atomic mass is 10.0. The Morgan fingerprint density at radius 1 is 1.32 bits per heavy atom. The van der Waals surface area contributed by atoms with Crippen LogP contribution in [0.1, 0.15) is 36.6 Å². The molecule has 7 nitrogen and oxygen atoms in total. The third kappa shape index (κ3) is 4.19. The van der Waals surface area contributed by atoms with Crippen LogP contribution in [0.5, 0.6) is 11.5 Å². The van der Waals surface area contributed by atoms with Gasteiger partial charge in [0.15, 0.2) is 0 Å². The standard InChI is InChI=1S/C24H30N4O3/c1-16-4-3-8-28(12-16)24-25-21-7-9-27(14-20(21)23(29)26-24)13-17-10-18-11-19(30-2)5-6-22(18)31-15-17/h5-6,10-11,16H,3-4,7-9,12-15H2,1-2H3,(H,25,26,29)/t16-/m1/s1. The lowest BCUT2D eigenvalue weighted by molar-refractivity contribution is 0.254. The van der Waals surface area contributed by atoms with E-state index >= 15 is 0 Å². The summed E-state index contributed by atoms with van der Waals surface area (Å²) in [6.45, 7) is 7.06. The predicted molar refractivity (Wildman–Crippen MR) is 121 cm³/mol. The van der Waals surface area contributed by atoms with Crippen LogP contribution in [0, 0.1) is 5.92 Å². The van der Waals surface area contributed by atoms with Crippen molar-refractivity contribution in [3.05, 3.63) is 50.9 Å². The zero-order valence-electron chi connectivity index (χ0n) is 18.3. The van der Waals surface area contributed by atoms with Gasteiger partial charge in [0, 0.05) is 44.7 Å². The first-order valence-electron chi connectivity index (χ1n) is 11.2. The lowest BCUT2D eigenvalue weighted by Crippen LogP contribution is -2.40.